The summed E-state index contributed by atoms with van der Waals surface area (Å²) in [5.41, 5.74) is 4.85. The number of hydrogen-bond donors (Lipinski definition) is 1. The smallest absolute Gasteiger partial charge is 0.225 e. The number of carbonyl (C=O) groups is 1. The third-order valence-electron chi connectivity index (χ3n) is 4.53. The zero-order valence-corrected chi connectivity index (χ0v) is 15.9. The number of amides is 1. The molecule has 2 aromatic carbocycles. The fraction of sp³-hybridized carbons (Fsp3) is 0.238. The predicted octanol–water partition coefficient (Wildman–Crippen LogP) is 4.56. The molecule has 0 spiro atoms. The Balaban J connectivity index is 1.73. The molecule has 1 unspecified atom stereocenters. The van der Waals surface area contributed by atoms with Crippen molar-refractivity contribution in [2.45, 2.75) is 33.2 Å². The molecule has 0 aliphatic rings. The van der Waals surface area contributed by atoms with Gasteiger partial charge in [0.1, 0.15) is 0 Å². The van der Waals surface area contributed by atoms with Gasteiger partial charge in [0.2, 0.25) is 5.91 Å². The van der Waals surface area contributed by atoms with Gasteiger partial charge in [-0.15, -0.1) is 0 Å². The highest BCUT2D eigenvalue weighted by molar-refractivity contribution is 6.30. The van der Waals surface area contributed by atoms with Crippen LogP contribution in [0.25, 0.3) is 5.69 Å². The van der Waals surface area contributed by atoms with Crippen LogP contribution in [0.5, 0.6) is 0 Å². The number of aromatic nitrogens is 2. The average molecular weight is 368 g/mol. The van der Waals surface area contributed by atoms with Crippen LogP contribution in [0.4, 0.5) is 0 Å². The van der Waals surface area contributed by atoms with E-state index in [1.807, 2.05) is 80.1 Å². The molecule has 0 radical (unpaired) electrons. The number of rotatable bonds is 5. The van der Waals surface area contributed by atoms with Gasteiger partial charge >= 0.3 is 0 Å². The lowest BCUT2D eigenvalue weighted by molar-refractivity contribution is -0.121. The summed E-state index contributed by atoms with van der Waals surface area (Å²) < 4.78 is 1.89. The van der Waals surface area contributed by atoms with E-state index in [4.69, 9.17) is 11.6 Å². The van der Waals surface area contributed by atoms with Crippen LogP contribution in [0.3, 0.4) is 0 Å². The van der Waals surface area contributed by atoms with Crippen LogP contribution in [0.1, 0.15) is 35.5 Å². The fourth-order valence-electron chi connectivity index (χ4n) is 3.04. The Bertz CT molecular complexity index is 901. The lowest BCUT2D eigenvalue weighted by Crippen LogP contribution is -2.28. The van der Waals surface area contributed by atoms with Gasteiger partial charge < -0.3 is 5.32 Å². The molecule has 0 aliphatic heterocycles. The second-order valence-electron chi connectivity index (χ2n) is 6.41. The summed E-state index contributed by atoms with van der Waals surface area (Å²) in [7, 11) is 0. The Hall–Kier alpha value is -2.59. The molecule has 134 valence electrons. The lowest BCUT2D eigenvalue weighted by Gasteiger charge is -2.14. The minimum absolute atomic E-state index is 0.0220. The van der Waals surface area contributed by atoms with Gasteiger partial charge in [0.25, 0.3) is 0 Å². The van der Waals surface area contributed by atoms with Gasteiger partial charge in [0, 0.05) is 16.3 Å². The Morgan fingerprint density at radius 2 is 1.77 bits per heavy atom. The Labute approximate surface area is 158 Å². The van der Waals surface area contributed by atoms with Crippen molar-refractivity contribution >= 4 is 17.5 Å². The van der Waals surface area contributed by atoms with Gasteiger partial charge in [-0.3, -0.25) is 4.79 Å². The van der Waals surface area contributed by atoms with Gasteiger partial charge in [0.15, 0.2) is 0 Å². The number of nitrogens with zero attached hydrogens (tertiary/aromatic N) is 2. The van der Waals surface area contributed by atoms with E-state index < -0.39 is 0 Å². The normalized spacial score (nSPS) is 12.0. The molecule has 0 aliphatic carbocycles. The summed E-state index contributed by atoms with van der Waals surface area (Å²) in [4.78, 5) is 12.5. The van der Waals surface area contributed by atoms with Crippen LogP contribution in [0.2, 0.25) is 5.02 Å². The van der Waals surface area contributed by atoms with E-state index in [0.717, 1.165) is 28.2 Å². The number of para-hydroxylation sites is 1. The number of aryl methyl sites for hydroxylation is 1. The van der Waals surface area contributed by atoms with Gasteiger partial charge in [-0.1, -0.05) is 41.9 Å². The molecule has 5 heteroatoms. The van der Waals surface area contributed by atoms with Crippen LogP contribution < -0.4 is 5.32 Å². The quantitative estimate of drug-likeness (QED) is 0.718. The molecule has 1 amide bonds. The van der Waals surface area contributed by atoms with E-state index in [0.29, 0.717) is 11.4 Å². The molecule has 1 atom stereocenters. The van der Waals surface area contributed by atoms with Crippen LogP contribution in [0.15, 0.2) is 54.6 Å². The minimum Gasteiger partial charge on any atom is -0.349 e. The monoisotopic (exact) mass is 367 g/mol. The van der Waals surface area contributed by atoms with Gasteiger partial charge in [-0.05, 0) is 50.6 Å². The zero-order chi connectivity index (χ0) is 18.7. The Kier molecular flexibility index (Phi) is 5.43. The first-order valence-corrected chi connectivity index (χ1v) is 8.99. The highest BCUT2D eigenvalue weighted by Gasteiger charge is 2.17. The van der Waals surface area contributed by atoms with Crippen molar-refractivity contribution < 1.29 is 4.79 Å². The molecule has 1 heterocycles. The summed E-state index contributed by atoms with van der Waals surface area (Å²) >= 11 is 5.92. The number of benzene rings is 2. The molecule has 0 saturated heterocycles. The largest absolute Gasteiger partial charge is 0.349 e. The van der Waals surface area contributed by atoms with Crippen molar-refractivity contribution in [3.8, 4) is 5.69 Å². The molecular formula is C21H22ClN3O. The summed E-state index contributed by atoms with van der Waals surface area (Å²) in [6.07, 6.45) is 0.308. The Morgan fingerprint density at radius 1 is 1.12 bits per heavy atom. The van der Waals surface area contributed by atoms with Gasteiger partial charge in [-0.2, -0.15) is 5.10 Å². The Morgan fingerprint density at radius 3 is 2.42 bits per heavy atom. The van der Waals surface area contributed by atoms with Crippen molar-refractivity contribution in [1.82, 2.24) is 15.1 Å². The first kappa shape index (κ1) is 18.2. The van der Waals surface area contributed by atoms with E-state index in [9.17, 15) is 4.79 Å². The summed E-state index contributed by atoms with van der Waals surface area (Å²) in [6, 6.07) is 17.4. The summed E-state index contributed by atoms with van der Waals surface area (Å²) in [5.74, 6) is -0.0220. The third kappa shape index (κ3) is 3.97. The first-order chi connectivity index (χ1) is 12.5. The molecule has 3 aromatic rings. The highest BCUT2D eigenvalue weighted by atomic mass is 35.5. The van der Waals surface area contributed by atoms with Crippen molar-refractivity contribution in [2.24, 2.45) is 0 Å². The predicted molar refractivity (Wildman–Crippen MR) is 105 cm³/mol. The van der Waals surface area contributed by atoms with E-state index in [1.165, 1.54) is 0 Å². The first-order valence-electron chi connectivity index (χ1n) is 8.61. The zero-order valence-electron chi connectivity index (χ0n) is 15.2. The van der Waals surface area contributed by atoms with Crippen LogP contribution >= 0.6 is 11.6 Å². The van der Waals surface area contributed by atoms with E-state index in [1.54, 1.807) is 0 Å². The SMILES string of the molecule is Cc1nn(-c2ccccc2)c(C)c1CC(=O)NC(C)c1ccc(Cl)cc1. The van der Waals surface area contributed by atoms with Crippen LogP contribution in [0, 0.1) is 13.8 Å². The molecule has 0 bridgehead atoms. The second kappa shape index (κ2) is 7.75. The minimum atomic E-state index is -0.0791. The average Bonchev–Trinajstić information content (AvgIpc) is 2.91. The van der Waals surface area contributed by atoms with E-state index >= 15 is 0 Å². The van der Waals surface area contributed by atoms with Crippen LogP contribution in [-0.2, 0) is 11.2 Å². The second-order valence-corrected chi connectivity index (χ2v) is 6.85. The maximum absolute atomic E-state index is 12.5. The van der Waals surface area contributed by atoms with Gasteiger partial charge in [-0.25, -0.2) is 4.68 Å². The molecule has 0 fully saturated rings. The lowest BCUT2D eigenvalue weighted by atomic mass is 10.1. The molecule has 4 nitrogen and oxygen atoms in total. The van der Waals surface area contributed by atoms with Crippen molar-refractivity contribution in [3.63, 3.8) is 0 Å². The maximum atomic E-state index is 12.5. The van der Waals surface area contributed by atoms with Crippen molar-refractivity contribution in [1.29, 1.82) is 0 Å². The number of carbonyl (C=O) groups excluding carboxylic acids is 1. The summed E-state index contributed by atoms with van der Waals surface area (Å²) in [6.45, 7) is 5.91. The van der Waals surface area contributed by atoms with E-state index in [-0.39, 0.29) is 11.9 Å². The topological polar surface area (TPSA) is 46.9 Å². The fourth-order valence-corrected chi connectivity index (χ4v) is 3.17. The van der Waals surface area contributed by atoms with Crippen molar-refractivity contribution in [3.05, 3.63) is 82.1 Å². The third-order valence-corrected chi connectivity index (χ3v) is 4.78. The molecule has 3 rings (SSSR count). The summed E-state index contributed by atoms with van der Waals surface area (Å²) in [5, 5.41) is 8.34. The molecule has 0 saturated carbocycles. The van der Waals surface area contributed by atoms with E-state index in [2.05, 4.69) is 10.4 Å². The molecule has 1 aromatic heterocycles. The van der Waals surface area contributed by atoms with Crippen molar-refractivity contribution in [2.75, 3.05) is 0 Å². The number of hydrogen-bond acceptors (Lipinski definition) is 2. The molecule has 1 N–H and O–H groups in total. The maximum Gasteiger partial charge on any atom is 0.225 e. The van der Waals surface area contributed by atoms with Crippen LogP contribution in [-0.4, -0.2) is 15.7 Å². The highest BCUT2D eigenvalue weighted by Crippen LogP contribution is 2.20. The number of halogens is 1. The number of nitrogens with one attached hydrogen (secondary N) is 1. The molecular weight excluding hydrogens is 346 g/mol. The molecule has 26 heavy (non-hydrogen) atoms. The standard InChI is InChI=1S/C21H22ClN3O/c1-14(17-9-11-18(22)12-10-17)23-21(26)13-20-15(2)24-25(16(20)3)19-7-5-4-6-8-19/h4-12,14H,13H2,1-3H3,(H,23,26). The van der Waals surface area contributed by atoms with Gasteiger partial charge in [0.05, 0.1) is 23.8 Å².